The SMILES string of the molecule is O=C(C=Cc1ccc(F)cc1C(F)(F)F)N1CCOC(COc2ncnc3ccccc23)C1. The number of fused-ring (bicyclic) bond motifs is 1. The first-order valence-electron chi connectivity index (χ1n) is 10.1. The van der Waals surface area contributed by atoms with Crippen molar-refractivity contribution in [3.8, 4) is 5.88 Å². The predicted octanol–water partition coefficient (Wildman–Crippen LogP) is 4.11. The van der Waals surface area contributed by atoms with E-state index >= 15 is 0 Å². The highest BCUT2D eigenvalue weighted by Crippen LogP contribution is 2.33. The standard InChI is InChI=1S/C23H19F4N3O3/c24-16-7-5-15(19(11-16)23(25,26)27)6-8-21(31)30-9-10-32-17(12-30)13-33-22-18-3-1-2-4-20(18)28-14-29-22/h1-8,11,14,17H,9-10,12-13H2. The first kappa shape index (κ1) is 22.7. The molecule has 0 spiro atoms. The van der Waals surface area contributed by atoms with E-state index in [0.717, 1.165) is 35.2 Å². The summed E-state index contributed by atoms with van der Waals surface area (Å²) in [5.41, 5.74) is -0.703. The molecule has 172 valence electrons. The van der Waals surface area contributed by atoms with Gasteiger partial charge in [-0.1, -0.05) is 18.2 Å². The molecule has 1 aromatic heterocycles. The van der Waals surface area contributed by atoms with Gasteiger partial charge in [0.1, 0.15) is 24.9 Å². The lowest BCUT2D eigenvalue weighted by Gasteiger charge is -2.32. The Morgan fingerprint density at radius 1 is 1.21 bits per heavy atom. The molecule has 0 saturated carbocycles. The zero-order chi connectivity index (χ0) is 23.4. The minimum Gasteiger partial charge on any atom is -0.474 e. The van der Waals surface area contributed by atoms with Gasteiger partial charge < -0.3 is 14.4 Å². The van der Waals surface area contributed by atoms with Crippen LogP contribution in [0.1, 0.15) is 11.1 Å². The van der Waals surface area contributed by atoms with Gasteiger partial charge in [0, 0.05) is 12.6 Å². The van der Waals surface area contributed by atoms with Crippen molar-refractivity contribution in [2.24, 2.45) is 0 Å². The molecule has 0 N–H and O–H groups in total. The molecule has 1 aliphatic rings. The largest absolute Gasteiger partial charge is 0.474 e. The van der Waals surface area contributed by atoms with Gasteiger partial charge in [0.05, 0.1) is 29.6 Å². The van der Waals surface area contributed by atoms with Crippen LogP contribution in [0.2, 0.25) is 0 Å². The summed E-state index contributed by atoms with van der Waals surface area (Å²) in [5.74, 6) is -1.09. The Balaban J connectivity index is 1.40. The Bertz CT molecular complexity index is 1180. The molecule has 6 nitrogen and oxygen atoms in total. The Labute approximate surface area is 186 Å². The van der Waals surface area contributed by atoms with E-state index in [2.05, 4.69) is 9.97 Å². The zero-order valence-corrected chi connectivity index (χ0v) is 17.3. The molecule has 1 atom stereocenters. The smallest absolute Gasteiger partial charge is 0.417 e. The maximum absolute atomic E-state index is 13.3. The number of nitrogens with zero attached hydrogens (tertiary/aromatic N) is 3. The molecule has 1 aliphatic heterocycles. The fraction of sp³-hybridized carbons (Fsp3) is 0.261. The maximum Gasteiger partial charge on any atom is 0.417 e. The van der Waals surface area contributed by atoms with Gasteiger partial charge in [-0.3, -0.25) is 4.79 Å². The van der Waals surface area contributed by atoms with Gasteiger partial charge >= 0.3 is 6.18 Å². The van der Waals surface area contributed by atoms with Crippen LogP contribution in [0.3, 0.4) is 0 Å². The number of carbonyl (C=O) groups is 1. The van der Waals surface area contributed by atoms with Crippen molar-refractivity contribution in [3.05, 3.63) is 71.8 Å². The van der Waals surface area contributed by atoms with Crippen molar-refractivity contribution in [1.82, 2.24) is 14.9 Å². The van der Waals surface area contributed by atoms with Crippen molar-refractivity contribution < 1.29 is 31.8 Å². The number of halogens is 4. The second-order valence-corrected chi connectivity index (χ2v) is 7.35. The number of benzene rings is 2. The molecule has 0 aliphatic carbocycles. The van der Waals surface area contributed by atoms with E-state index in [1.165, 1.54) is 11.2 Å². The first-order valence-corrected chi connectivity index (χ1v) is 10.1. The third-order valence-electron chi connectivity index (χ3n) is 5.09. The fourth-order valence-electron chi connectivity index (χ4n) is 3.47. The summed E-state index contributed by atoms with van der Waals surface area (Å²) in [6, 6.07) is 9.67. The van der Waals surface area contributed by atoms with Crippen LogP contribution >= 0.6 is 0 Å². The van der Waals surface area contributed by atoms with E-state index in [4.69, 9.17) is 9.47 Å². The van der Waals surface area contributed by atoms with Crippen molar-refractivity contribution in [2.75, 3.05) is 26.3 Å². The molecule has 1 unspecified atom stereocenters. The van der Waals surface area contributed by atoms with Crippen LogP contribution < -0.4 is 4.74 Å². The molecular weight excluding hydrogens is 442 g/mol. The number of hydrogen-bond acceptors (Lipinski definition) is 5. The number of alkyl halides is 3. The summed E-state index contributed by atoms with van der Waals surface area (Å²) < 4.78 is 64.1. The van der Waals surface area contributed by atoms with Crippen LogP contribution in [0.5, 0.6) is 5.88 Å². The fourth-order valence-corrected chi connectivity index (χ4v) is 3.47. The van der Waals surface area contributed by atoms with E-state index in [1.54, 1.807) is 0 Å². The van der Waals surface area contributed by atoms with Crippen molar-refractivity contribution >= 4 is 22.9 Å². The van der Waals surface area contributed by atoms with Crippen molar-refractivity contribution in [3.63, 3.8) is 0 Å². The number of ether oxygens (including phenoxy) is 2. The molecule has 0 bridgehead atoms. The quantitative estimate of drug-likeness (QED) is 0.423. The van der Waals surface area contributed by atoms with Gasteiger partial charge in [0.2, 0.25) is 11.8 Å². The van der Waals surface area contributed by atoms with Gasteiger partial charge in [-0.15, -0.1) is 0 Å². The molecule has 2 heterocycles. The second-order valence-electron chi connectivity index (χ2n) is 7.35. The topological polar surface area (TPSA) is 64.6 Å². The number of carbonyl (C=O) groups excluding carboxylic acids is 1. The Morgan fingerprint density at radius 2 is 2.03 bits per heavy atom. The maximum atomic E-state index is 13.3. The molecule has 1 saturated heterocycles. The summed E-state index contributed by atoms with van der Waals surface area (Å²) in [6.07, 6.45) is -1.70. The molecule has 2 aromatic carbocycles. The molecular formula is C23H19F4N3O3. The molecule has 0 radical (unpaired) electrons. The van der Waals surface area contributed by atoms with Gasteiger partial charge in [-0.2, -0.15) is 13.2 Å². The van der Waals surface area contributed by atoms with Crippen LogP contribution in [0, 0.1) is 5.82 Å². The van der Waals surface area contributed by atoms with Crippen LogP contribution in [-0.2, 0) is 15.7 Å². The average Bonchev–Trinajstić information content (AvgIpc) is 2.81. The van der Waals surface area contributed by atoms with E-state index in [-0.39, 0.29) is 31.9 Å². The normalized spacial score (nSPS) is 17.0. The molecule has 4 rings (SSSR count). The lowest BCUT2D eigenvalue weighted by molar-refractivity contribution is -0.138. The minimum absolute atomic E-state index is 0.130. The Kier molecular flexibility index (Phi) is 6.55. The Morgan fingerprint density at radius 3 is 2.85 bits per heavy atom. The van der Waals surface area contributed by atoms with Crippen LogP contribution in [0.4, 0.5) is 17.6 Å². The van der Waals surface area contributed by atoms with Gasteiger partial charge in [0.15, 0.2) is 0 Å². The summed E-state index contributed by atoms with van der Waals surface area (Å²) in [4.78, 5) is 22.3. The number of amides is 1. The van der Waals surface area contributed by atoms with Gasteiger partial charge in [-0.25, -0.2) is 14.4 Å². The number of aromatic nitrogens is 2. The highest BCUT2D eigenvalue weighted by molar-refractivity contribution is 5.92. The lowest BCUT2D eigenvalue weighted by Crippen LogP contribution is -2.47. The number of rotatable bonds is 5. The van der Waals surface area contributed by atoms with E-state index in [9.17, 15) is 22.4 Å². The third kappa shape index (κ3) is 5.46. The molecule has 33 heavy (non-hydrogen) atoms. The average molecular weight is 461 g/mol. The highest BCUT2D eigenvalue weighted by atomic mass is 19.4. The van der Waals surface area contributed by atoms with Gasteiger partial charge in [0.25, 0.3) is 0 Å². The van der Waals surface area contributed by atoms with E-state index in [0.29, 0.717) is 11.9 Å². The molecule has 10 heteroatoms. The lowest BCUT2D eigenvalue weighted by atomic mass is 10.1. The van der Waals surface area contributed by atoms with E-state index < -0.39 is 29.6 Å². The summed E-state index contributed by atoms with van der Waals surface area (Å²) in [5, 5.41) is 0.742. The summed E-state index contributed by atoms with van der Waals surface area (Å²) >= 11 is 0. The number of hydrogen-bond donors (Lipinski definition) is 0. The zero-order valence-electron chi connectivity index (χ0n) is 17.3. The van der Waals surface area contributed by atoms with Gasteiger partial charge in [-0.05, 0) is 35.9 Å². The first-order chi connectivity index (χ1) is 15.8. The summed E-state index contributed by atoms with van der Waals surface area (Å²) in [7, 11) is 0. The Hall–Kier alpha value is -3.53. The van der Waals surface area contributed by atoms with Crippen molar-refractivity contribution in [2.45, 2.75) is 12.3 Å². The molecule has 3 aromatic rings. The minimum atomic E-state index is -4.74. The molecule has 1 fully saturated rings. The van der Waals surface area contributed by atoms with Crippen LogP contribution in [0.25, 0.3) is 17.0 Å². The third-order valence-corrected chi connectivity index (χ3v) is 5.09. The number of para-hydroxylation sites is 1. The van der Waals surface area contributed by atoms with Crippen LogP contribution in [0.15, 0.2) is 54.9 Å². The van der Waals surface area contributed by atoms with E-state index in [1.807, 2.05) is 24.3 Å². The predicted molar refractivity (Wildman–Crippen MR) is 112 cm³/mol. The number of morpholine rings is 1. The molecule has 1 amide bonds. The van der Waals surface area contributed by atoms with Crippen LogP contribution in [-0.4, -0.2) is 53.2 Å². The van der Waals surface area contributed by atoms with Crippen molar-refractivity contribution in [1.29, 1.82) is 0 Å². The second kappa shape index (κ2) is 9.53. The monoisotopic (exact) mass is 461 g/mol. The highest BCUT2D eigenvalue weighted by Gasteiger charge is 2.33. The summed E-state index contributed by atoms with van der Waals surface area (Å²) in [6.45, 7) is 0.862.